The lowest BCUT2D eigenvalue weighted by Crippen LogP contribution is -2.32. The van der Waals surface area contributed by atoms with Crippen LogP contribution in [0.4, 0.5) is 0 Å². The maximum atomic E-state index is 6.02. The number of likely N-dealkylation sites (N-methyl/N-ethyl adjacent to an activating group) is 1. The fourth-order valence-corrected chi connectivity index (χ4v) is 3.04. The summed E-state index contributed by atoms with van der Waals surface area (Å²) in [6.07, 6.45) is 2.83. The molecule has 4 nitrogen and oxygen atoms in total. The van der Waals surface area contributed by atoms with Crippen LogP contribution in [0.2, 0.25) is 0 Å². The van der Waals surface area contributed by atoms with Gasteiger partial charge in [-0.15, -0.1) is 0 Å². The van der Waals surface area contributed by atoms with Crippen LogP contribution in [0.1, 0.15) is 24.6 Å². The van der Waals surface area contributed by atoms with E-state index in [4.69, 9.17) is 4.74 Å². The van der Waals surface area contributed by atoms with Crippen molar-refractivity contribution in [3.05, 3.63) is 30.0 Å². The van der Waals surface area contributed by atoms with Crippen molar-refractivity contribution in [1.82, 2.24) is 14.7 Å². The summed E-state index contributed by atoms with van der Waals surface area (Å²) in [6.45, 7) is 2.61. The van der Waals surface area contributed by atoms with Crippen molar-refractivity contribution in [2.75, 3.05) is 20.2 Å². The smallest absolute Gasteiger partial charge is 0.112 e. The second-order valence-corrected chi connectivity index (χ2v) is 5.66. The van der Waals surface area contributed by atoms with Crippen molar-refractivity contribution in [2.45, 2.75) is 31.5 Å². The predicted molar refractivity (Wildman–Crippen MR) is 74.1 cm³/mol. The molecule has 1 aromatic carbocycles. The Morgan fingerprint density at radius 2 is 2.21 bits per heavy atom. The SMILES string of the molecule is CN(CC1OCCn2nc3ccccc3c21)C1CC1. The van der Waals surface area contributed by atoms with Gasteiger partial charge in [0.15, 0.2) is 0 Å². The number of ether oxygens (including phenoxy) is 1. The molecule has 1 aliphatic heterocycles. The third kappa shape index (κ3) is 1.95. The quantitative estimate of drug-likeness (QED) is 0.844. The molecule has 0 bridgehead atoms. The molecule has 0 amide bonds. The zero-order valence-corrected chi connectivity index (χ0v) is 11.2. The Morgan fingerprint density at radius 1 is 1.37 bits per heavy atom. The molecule has 2 aliphatic rings. The highest BCUT2D eigenvalue weighted by atomic mass is 16.5. The van der Waals surface area contributed by atoms with Gasteiger partial charge in [0.05, 0.1) is 24.4 Å². The van der Waals surface area contributed by atoms with Crippen molar-refractivity contribution >= 4 is 10.9 Å². The van der Waals surface area contributed by atoms with Crippen LogP contribution in [-0.2, 0) is 11.3 Å². The zero-order valence-electron chi connectivity index (χ0n) is 11.2. The molecule has 100 valence electrons. The molecule has 1 saturated carbocycles. The highest BCUT2D eigenvalue weighted by molar-refractivity contribution is 5.82. The highest BCUT2D eigenvalue weighted by Gasteiger charge is 2.31. The number of hydrogen-bond donors (Lipinski definition) is 0. The minimum atomic E-state index is 0.159. The summed E-state index contributed by atoms with van der Waals surface area (Å²) < 4.78 is 8.16. The standard InChI is InChI=1S/C15H19N3O/c1-17(11-6-7-11)10-14-15-12-4-2-3-5-13(12)16-18(15)8-9-19-14/h2-5,11,14H,6-10H2,1H3. The largest absolute Gasteiger partial charge is 0.369 e. The van der Waals surface area contributed by atoms with E-state index in [1.165, 1.54) is 23.9 Å². The topological polar surface area (TPSA) is 30.3 Å². The van der Waals surface area contributed by atoms with Gasteiger partial charge in [0, 0.05) is 18.0 Å². The van der Waals surface area contributed by atoms with Gasteiger partial charge in [0.25, 0.3) is 0 Å². The lowest BCUT2D eigenvalue weighted by Gasteiger charge is -2.28. The van der Waals surface area contributed by atoms with Gasteiger partial charge in [-0.25, -0.2) is 0 Å². The van der Waals surface area contributed by atoms with Gasteiger partial charge < -0.3 is 9.64 Å². The van der Waals surface area contributed by atoms with Gasteiger partial charge >= 0.3 is 0 Å². The third-order valence-corrected chi connectivity index (χ3v) is 4.24. The monoisotopic (exact) mass is 257 g/mol. The molecule has 1 aliphatic carbocycles. The number of hydrogen-bond acceptors (Lipinski definition) is 3. The first kappa shape index (κ1) is 11.4. The Labute approximate surface area is 113 Å². The maximum Gasteiger partial charge on any atom is 0.112 e. The summed E-state index contributed by atoms with van der Waals surface area (Å²) in [6, 6.07) is 9.15. The summed E-state index contributed by atoms with van der Waals surface area (Å²) in [7, 11) is 2.21. The molecule has 1 unspecified atom stereocenters. The van der Waals surface area contributed by atoms with E-state index in [-0.39, 0.29) is 6.10 Å². The molecular formula is C15H19N3O. The van der Waals surface area contributed by atoms with Crippen LogP contribution in [0, 0.1) is 0 Å². The average molecular weight is 257 g/mol. The molecule has 0 N–H and O–H groups in total. The van der Waals surface area contributed by atoms with Crippen LogP contribution >= 0.6 is 0 Å². The van der Waals surface area contributed by atoms with E-state index in [1.807, 2.05) is 6.07 Å². The Hall–Kier alpha value is -1.39. The molecule has 0 spiro atoms. The Morgan fingerprint density at radius 3 is 3.05 bits per heavy atom. The molecule has 19 heavy (non-hydrogen) atoms. The molecule has 1 aromatic heterocycles. The van der Waals surface area contributed by atoms with Gasteiger partial charge in [0.2, 0.25) is 0 Å². The van der Waals surface area contributed by atoms with Gasteiger partial charge in [-0.2, -0.15) is 5.10 Å². The number of aromatic nitrogens is 2. The molecule has 1 fully saturated rings. The van der Waals surface area contributed by atoms with E-state index in [1.54, 1.807) is 0 Å². The molecule has 0 saturated heterocycles. The van der Waals surface area contributed by atoms with Crippen LogP contribution < -0.4 is 0 Å². The molecule has 4 rings (SSSR count). The van der Waals surface area contributed by atoms with E-state index in [2.05, 4.69) is 39.9 Å². The summed E-state index contributed by atoms with van der Waals surface area (Å²) in [4.78, 5) is 2.43. The van der Waals surface area contributed by atoms with Crippen LogP contribution in [0.15, 0.2) is 24.3 Å². The van der Waals surface area contributed by atoms with Crippen LogP contribution in [0.25, 0.3) is 10.9 Å². The molecule has 2 heterocycles. The Bertz CT molecular complexity index is 602. The first-order chi connectivity index (χ1) is 9.33. The fraction of sp³-hybridized carbons (Fsp3) is 0.533. The van der Waals surface area contributed by atoms with E-state index in [0.717, 1.165) is 31.3 Å². The summed E-state index contributed by atoms with van der Waals surface area (Å²) in [5.41, 5.74) is 2.34. The minimum Gasteiger partial charge on any atom is -0.369 e. The first-order valence-electron chi connectivity index (χ1n) is 7.10. The number of benzene rings is 1. The van der Waals surface area contributed by atoms with Crippen LogP contribution in [0.5, 0.6) is 0 Å². The second kappa shape index (κ2) is 4.32. The molecule has 0 radical (unpaired) electrons. The molecular weight excluding hydrogens is 238 g/mol. The highest BCUT2D eigenvalue weighted by Crippen LogP contribution is 2.33. The normalized spacial score (nSPS) is 22.9. The van der Waals surface area contributed by atoms with Gasteiger partial charge in [0.1, 0.15) is 6.10 Å². The number of fused-ring (bicyclic) bond motifs is 3. The van der Waals surface area contributed by atoms with E-state index in [9.17, 15) is 0 Å². The number of rotatable bonds is 3. The lowest BCUT2D eigenvalue weighted by molar-refractivity contribution is -0.00146. The summed E-state index contributed by atoms with van der Waals surface area (Å²) in [5, 5.41) is 5.94. The van der Waals surface area contributed by atoms with Crippen LogP contribution in [0.3, 0.4) is 0 Å². The molecule has 2 aromatic rings. The van der Waals surface area contributed by atoms with Crippen molar-refractivity contribution < 1.29 is 4.74 Å². The average Bonchev–Trinajstić information content (AvgIpc) is 3.19. The van der Waals surface area contributed by atoms with Crippen molar-refractivity contribution in [3.8, 4) is 0 Å². The Balaban J connectivity index is 1.71. The molecule has 1 atom stereocenters. The van der Waals surface area contributed by atoms with E-state index < -0.39 is 0 Å². The van der Waals surface area contributed by atoms with Crippen molar-refractivity contribution in [1.29, 1.82) is 0 Å². The lowest BCUT2D eigenvalue weighted by atomic mass is 10.1. The zero-order chi connectivity index (χ0) is 12.8. The van der Waals surface area contributed by atoms with Gasteiger partial charge in [-0.1, -0.05) is 18.2 Å². The number of nitrogens with zero attached hydrogens (tertiary/aromatic N) is 3. The Kier molecular flexibility index (Phi) is 2.60. The van der Waals surface area contributed by atoms with Gasteiger partial charge in [-0.05, 0) is 26.0 Å². The summed E-state index contributed by atoms with van der Waals surface area (Å²) in [5.74, 6) is 0. The predicted octanol–water partition coefficient (Wildman–Crippen LogP) is 2.20. The molecule has 4 heteroatoms. The minimum absolute atomic E-state index is 0.159. The van der Waals surface area contributed by atoms with Gasteiger partial charge in [-0.3, -0.25) is 4.68 Å². The third-order valence-electron chi connectivity index (χ3n) is 4.24. The van der Waals surface area contributed by atoms with E-state index >= 15 is 0 Å². The van der Waals surface area contributed by atoms with Crippen LogP contribution in [-0.4, -0.2) is 40.9 Å². The summed E-state index contributed by atoms with van der Waals surface area (Å²) >= 11 is 0. The van der Waals surface area contributed by atoms with Crippen molar-refractivity contribution in [3.63, 3.8) is 0 Å². The van der Waals surface area contributed by atoms with E-state index in [0.29, 0.717) is 0 Å². The van der Waals surface area contributed by atoms with Crippen molar-refractivity contribution in [2.24, 2.45) is 0 Å². The maximum absolute atomic E-state index is 6.02. The fourth-order valence-electron chi connectivity index (χ4n) is 3.04. The second-order valence-electron chi connectivity index (χ2n) is 5.66. The first-order valence-corrected chi connectivity index (χ1v) is 7.10.